The molecule has 12 heteroatoms. The maximum absolute atomic E-state index is 11.6. The van der Waals surface area contributed by atoms with E-state index >= 15 is 0 Å². The number of aromatic hydroxyl groups is 1. The zero-order chi connectivity index (χ0) is 18.1. The van der Waals surface area contributed by atoms with Crippen molar-refractivity contribution in [3.63, 3.8) is 0 Å². The number of methoxy groups -OCH3 is 1. The fourth-order valence-electron chi connectivity index (χ4n) is 1.43. The molecule has 130 valence electrons. The predicted molar refractivity (Wildman–Crippen MR) is 74.6 cm³/mol. The van der Waals surface area contributed by atoms with Crippen molar-refractivity contribution in [2.24, 2.45) is 0 Å². The zero-order valence-electron chi connectivity index (χ0n) is 12.2. The number of esters is 1. The van der Waals surface area contributed by atoms with Crippen LogP contribution in [0.5, 0.6) is 11.5 Å². The molecule has 12 nitrogen and oxygen atoms in total. The maximum atomic E-state index is 11.6. The largest absolute Gasteiger partial charge is 0.504 e. The summed E-state index contributed by atoms with van der Waals surface area (Å²) in [6.45, 7) is -0.972. The number of phenols is 1. The molecule has 0 bridgehead atoms. The predicted octanol–water partition coefficient (Wildman–Crippen LogP) is 0.700. The second-order valence-electron chi connectivity index (χ2n) is 3.98. The lowest BCUT2D eigenvalue weighted by molar-refractivity contribution is -0.799. The summed E-state index contributed by atoms with van der Waals surface area (Å²) in [4.78, 5) is 39.6. The van der Waals surface area contributed by atoms with Gasteiger partial charge in [0.15, 0.2) is 18.1 Å². The first-order chi connectivity index (χ1) is 11.3. The Morgan fingerprint density at radius 3 is 2.62 bits per heavy atom. The molecule has 0 saturated heterocycles. The Morgan fingerprint density at radius 2 is 2.04 bits per heavy atom. The van der Waals surface area contributed by atoms with Crippen molar-refractivity contribution in [1.82, 2.24) is 0 Å². The van der Waals surface area contributed by atoms with Crippen molar-refractivity contribution in [1.29, 1.82) is 0 Å². The van der Waals surface area contributed by atoms with Crippen LogP contribution in [0, 0.1) is 20.2 Å². The molecule has 1 rings (SSSR count). The number of hydrogen-bond acceptors (Lipinski definition) is 10. The summed E-state index contributed by atoms with van der Waals surface area (Å²) in [6.07, 6.45) is 0.257. The minimum Gasteiger partial charge on any atom is -0.504 e. The van der Waals surface area contributed by atoms with Crippen molar-refractivity contribution in [3.8, 4) is 11.5 Å². The standard InChI is InChI=1S/C12H12N2O10/c1-21-10-6-8(2-4-9(10)15)3-5-11(16)23-12(24-14(19)20)7-22-13(17)18/h2-6,12,15H,7H2,1H3. The Hall–Kier alpha value is -3.57. The molecule has 0 radical (unpaired) electrons. The summed E-state index contributed by atoms with van der Waals surface area (Å²) < 4.78 is 9.39. The molecule has 0 heterocycles. The number of carbonyl (C=O) groups is 1. The van der Waals surface area contributed by atoms with Crippen LogP contribution >= 0.6 is 0 Å². The Morgan fingerprint density at radius 1 is 1.33 bits per heavy atom. The SMILES string of the molecule is COc1cc(C=CC(=O)OC(CO[N+](=O)[O-])O[N+](=O)[O-])ccc1O. The number of carbonyl (C=O) groups excluding carboxylic acids is 1. The molecule has 0 aliphatic heterocycles. The molecule has 0 aliphatic carbocycles. The molecule has 0 fully saturated rings. The van der Waals surface area contributed by atoms with Gasteiger partial charge in [-0.3, -0.25) is 4.84 Å². The summed E-state index contributed by atoms with van der Waals surface area (Å²) in [6, 6.07) is 4.20. The normalized spacial score (nSPS) is 11.5. The monoisotopic (exact) mass is 344 g/mol. The molecule has 1 aromatic rings. The Labute approximate surface area is 134 Å². The van der Waals surface area contributed by atoms with Crippen LogP contribution in [0.3, 0.4) is 0 Å². The minimum absolute atomic E-state index is 0.103. The quantitative estimate of drug-likeness (QED) is 0.222. The van der Waals surface area contributed by atoms with E-state index in [1.54, 1.807) is 0 Å². The molecule has 0 aromatic heterocycles. The molecule has 24 heavy (non-hydrogen) atoms. The summed E-state index contributed by atoms with van der Waals surface area (Å²) in [7, 11) is 1.34. The first-order valence-corrected chi connectivity index (χ1v) is 6.16. The van der Waals surface area contributed by atoms with E-state index in [9.17, 15) is 30.1 Å². The molecule has 0 saturated carbocycles. The molecule has 1 atom stereocenters. The molecule has 1 aromatic carbocycles. The minimum atomic E-state index is -1.91. The van der Waals surface area contributed by atoms with Crippen LogP contribution in [0.1, 0.15) is 5.56 Å². The number of phenolic OH excluding ortho intramolecular Hbond substituents is 1. The van der Waals surface area contributed by atoms with Gasteiger partial charge in [-0.1, -0.05) is 6.07 Å². The lowest BCUT2D eigenvalue weighted by Gasteiger charge is -2.13. The Bertz CT molecular complexity index is 645. The molecule has 0 amide bonds. The summed E-state index contributed by atoms with van der Waals surface area (Å²) >= 11 is 0. The van der Waals surface area contributed by atoms with Gasteiger partial charge in [-0.15, -0.1) is 20.2 Å². The van der Waals surface area contributed by atoms with Crippen LogP contribution in [0.15, 0.2) is 24.3 Å². The van der Waals surface area contributed by atoms with Crippen LogP contribution in [0.4, 0.5) is 0 Å². The number of hydrogen-bond donors (Lipinski definition) is 1. The van der Waals surface area contributed by atoms with Crippen molar-refractivity contribution in [2.75, 3.05) is 13.7 Å². The second-order valence-corrected chi connectivity index (χ2v) is 3.98. The highest BCUT2D eigenvalue weighted by atomic mass is 17.0. The Kier molecular flexibility index (Phi) is 6.75. The topological polar surface area (TPSA) is 160 Å². The highest BCUT2D eigenvalue weighted by molar-refractivity contribution is 5.87. The van der Waals surface area contributed by atoms with Gasteiger partial charge in [0.05, 0.1) is 7.11 Å². The Balaban J connectivity index is 2.69. The first-order valence-electron chi connectivity index (χ1n) is 6.16. The van der Waals surface area contributed by atoms with Gasteiger partial charge < -0.3 is 19.4 Å². The van der Waals surface area contributed by atoms with E-state index in [2.05, 4.69) is 14.4 Å². The summed E-state index contributed by atoms with van der Waals surface area (Å²) in [5.41, 5.74) is 0.454. The smallest absolute Gasteiger partial charge is 0.332 e. The molecule has 0 aliphatic rings. The molecular formula is C12H12N2O10. The van der Waals surface area contributed by atoms with E-state index in [0.717, 1.165) is 6.08 Å². The first kappa shape index (κ1) is 18.5. The average Bonchev–Trinajstić information content (AvgIpc) is 2.51. The number of benzene rings is 1. The lowest BCUT2D eigenvalue weighted by Crippen LogP contribution is -2.29. The van der Waals surface area contributed by atoms with Gasteiger partial charge in [0.1, 0.15) is 0 Å². The number of rotatable bonds is 9. The van der Waals surface area contributed by atoms with E-state index in [-0.39, 0.29) is 11.5 Å². The highest BCUT2D eigenvalue weighted by Gasteiger charge is 2.19. The average molecular weight is 344 g/mol. The molecule has 0 spiro atoms. The van der Waals surface area contributed by atoms with Gasteiger partial charge in [-0.2, -0.15) is 0 Å². The van der Waals surface area contributed by atoms with Gasteiger partial charge in [-0.25, -0.2) is 4.79 Å². The van der Waals surface area contributed by atoms with Crippen LogP contribution in [-0.4, -0.2) is 41.3 Å². The maximum Gasteiger partial charge on any atom is 0.332 e. The van der Waals surface area contributed by atoms with E-state index in [0.29, 0.717) is 5.56 Å². The second kappa shape index (κ2) is 8.77. The lowest BCUT2D eigenvalue weighted by atomic mass is 10.2. The molecule has 1 unspecified atom stereocenters. The van der Waals surface area contributed by atoms with E-state index in [1.807, 2.05) is 0 Å². The van der Waals surface area contributed by atoms with Crippen LogP contribution < -0.4 is 4.74 Å². The summed E-state index contributed by atoms with van der Waals surface area (Å²) in [5, 5.41) is 27.2. The van der Waals surface area contributed by atoms with Gasteiger partial charge in [0.2, 0.25) is 0 Å². The van der Waals surface area contributed by atoms with Crippen molar-refractivity contribution in [2.45, 2.75) is 6.29 Å². The van der Waals surface area contributed by atoms with E-state index in [4.69, 9.17) is 4.74 Å². The van der Waals surface area contributed by atoms with Crippen molar-refractivity contribution < 1.29 is 39.2 Å². The zero-order valence-corrected chi connectivity index (χ0v) is 12.2. The number of ether oxygens (including phenoxy) is 2. The highest BCUT2D eigenvalue weighted by Crippen LogP contribution is 2.26. The molecular weight excluding hydrogens is 332 g/mol. The van der Waals surface area contributed by atoms with Crippen molar-refractivity contribution in [3.05, 3.63) is 50.1 Å². The van der Waals surface area contributed by atoms with Gasteiger partial charge >= 0.3 is 5.97 Å². The summed E-state index contributed by atoms with van der Waals surface area (Å²) in [5.74, 6) is -1.01. The van der Waals surface area contributed by atoms with Crippen LogP contribution in [0.2, 0.25) is 0 Å². The van der Waals surface area contributed by atoms with Gasteiger partial charge in [0, 0.05) is 6.08 Å². The van der Waals surface area contributed by atoms with Crippen molar-refractivity contribution >= 4 is 12.0 Å². The van der Waals surface area contributed by atoms with Gasteiger partial charge in [-0.05, 0) is 23.8 Å². The fourth-order valence-corrected chi connectivity index (χ4v) is 1.43. The molecule has 1 N–H and O–H groups in total. The van der Waals surface area contributed by atoms with Gasteiger partial charge in [0.25, 0.3) is 16.5 Å². The van der Waals surface area contributed by atoms with Crippen LogP contribution in [-0.2, 0) is 19.2 Å². The van der Waals surface area contributed by atoms with E-state index < -0.39 is 29.0 Å². The third-order valence-electron chi connectivity index (χ3n) is 2.38. The van der Waals surface area contributed by atoms with Crippen LogP contribution in [0.25, 0.3) is 6.08 Å². The number of nitrogens with zero attached hydrogens (tertiary/aromatic N) is 2. The third-order valence-corrected chi connectivity index (χ3v) is 2.38. The third kappa shape index (κ3) is 6.46. The van der Waals surface area contributed by atoms with E-state index in [1.165, 1.54) is 31.4 Å². The fraction of sp³-hybridized carbons (Fsp3) is 0.250.